The quantitative estimate of drug-likeness (QED) is 0.383. The van der Waals surface area contributed by atoms with Crippen LogP contribution < -0.4 is 11.1 Å². The van der Waals surface area contributed by atoms with E-state index in [1.807, 2.05) is 12.1 Å². The van der Waals surface area contributed by atoms with E-state index in [1.165, 1.54) is 22.3 Å². The van der Waals surface area contributed by atoms with Gasteiger partial charge in [-0.25, -0.2) is 9.97 Å². The van der Waals surface area contributed by atoms with E-state index >= 15 is 0 Å². The summed E-state index contributed by atoms with van der Waals surface area (Å²) in [5.74, 6) is 5.61. The standard InChI is InChI=1S/C26H19N5O3S/c27-22-10-8-17(14-29-22)6-5-16-7-9-18-15-31(25(34)20(18)13-16)23(19-3-1-2-4-21(19)32)24(33)30-26-28-11-12-35-26/h1-4,7-14,23,32H,15H2,(H2,27,29)(H,28,30,33). The van der Waals surface area contributed by atoms with Crippen molar-refractivity contribution in [2.24, 2.45) is 0 Å². The van der Waals surface area contributed by atoms with Gasteiger partial charge in [0.15, 0.2) is 5.13 Å². The van der Waals surface area contributed by atoms with Gasteiger partial charge in [0.25, 0.3) is 11.8 Å². The highest BCUT2D eigenvalue weighted by Gasteiger charge is 2.38. The average molecular weight is 482 g/mol. The summed E-state index contributed by atoms with van der Waals surface area (Å²) in [6.45, 7) is 0.216. The molecular weight excluding hydrogens is 462 g/mol. The second-order valence-electron chi connectivity index (χ2n) is 7.81. The summed E-state index contributed by atoms with van der Waals surface area (Å²) in [5.41, 5.74) is 8.54. The van der Waals surface area contributed by atoms with Crippen molar-refractivity contribution in [3.8, 4) is 17.6 Å². The average Bonchev–Trinajstić information content (AvgIpc) is 3.48. The number of carbonyl (C=O) groups excluding carboxylic acids is 2. The van der Waals surface area contributed by atoms with Crippen molar-refractivity contribution >= 4 is 34.1 Å². The molecule has 0 bridgehead atoms. The van der Waals surface area contributed by atoms with Crippen LogP contribution in [0.15, 0.2) is 72.4 Å². The van der Waals surface area contributed by atoms with Gasteiger partial charge in [0.05, 0.1) is 0 Å². The number of nitrogen functional groups attached to an aromatic ring is 1. The Labute approximate surface area is 205 Å². The monoisotopic (exact) mass is 481 g/mol. The first kappa shape index (κ1) is 22.1. The molecule has 0 fully saturated rings. The van der Waals surface area contributed by atoms with Crippen molar-refractivity contribution in [1.82, 2.24) is 14.9 Å². The number of aromatic nitrogens is 2. The number of fused-ring (bicyclic) bond motifs is 1. The fourth-order valence-electron chi connectivity index (χ4n) is 3.86. The summed E-state index contributed by atoms with van der Waals surface area (Å²) in [6, 6.07) is 14.3. The minimum atomic E-state index is -1.05. The number of pyridine rings is 1. The van der Waals surface area contributed by atoms with E-state index in [0.717, 1.165) is 5.56 Å². The number of nitrogens with zero attached hydrogens (tertiary/aromatic N) is 3. The van der Waals surface area contributed by atoms with Gasteiger partial charge in [-0.15, -0.1) is 11.3 Å². The van der Waals surface area contributed by atoms with Crippen molar-refractivity contribution in [3.63, 3.8) is 0 Å². The molecule has 1 aliphatic rings. The maximum atomic E-state index is 13.5. The molecular formula is C26H19N5O3S. The molecule has 5 rings (SSSR count). The van der Waals surface area contributed by atoms with Crippen LogP contribution in [0.5, 0.6) is 5.75 Å². The first-order chi connectivity index (χ1) is 17.0. The summed E-state index contributed by atoms with van der Waals surface area (Å²) in [6.07, 6.45) is 3.16. The number of thiazole rings is 1. The van der Waals surface area contributed by atoms with Gasteiger partial charge in [-0.3, -0.25) is 14.9 Å². The van der Waals surface area contributed by atoms with E-state index in [9.17, 15) is 14.7 Å². The molecule has 1 aliphatic heterocycles. The topological polar surface area (TPSA) is 121 Å². The third-order valence-electron chi connectivity index (χ3n) is 5.53. The summed E-state index contributed by atoms with van der Waals surface area (Å²) in [5, 5.41) is 15.4. The highest BCUT2D eigenvalue weighted by atomic mass is 32.1. The van der Waals surface area contributed by atoms with E-state index in [1.54, 1.807) is 54.2 Å². The highest BCUT2D eigenvalue weighted by Crippen LogP contribution is 2.36. The van der Waals surface area contributed by atoms with Crippen LogP contribution >= 0.6 is 11.3 Å². The third-order valence-corrected chi connectivity index (χ3v) is 6.22. The van der Waals surface area contributed by atoms with Crippen molar-refractivity contribution in [2.45, 2.75) is 12.6 Å². The molecule has 2 amide bonds. The van der Waals surface area contributed by atoms with Gasteiger partial charge >= 0.3 is 0 Å². The highest BCUT2D eigenvalue weighted by molar-refractivity contribution is 7.13. The zero-order valence-corrected chi connectivity index (χ0v) is 19.1. The van der Waals surface area contributed by atoms with Crippen LogP contribution in [-0.4, -0.2) is 31.8 Å². The number of rotatable bonds is 4. The number of aromatic hydroxyl groups is 1. The number of anilines is 2. The SMILES string of the molecule is Nc1ccc(C#Cc2ccc3c(c2)C(=O)N(C(C(=O)Nc2nccs2)c2ccccc2O)C3)cn1. The van der Waals surface area contributed by atoms with Crippen molar-refractivity contribution in [3.05, 3.63) is 100 Å². The van der Waals surface area contributed by atoms with Crippen LogP contribution in [0.1, 0.15) is 38.7 Å². The Morgan fingerprint density at radius 2 is 1.91 bits per heavy atom. The number of hydrogen-bond acceptors (Lipinski definition) is 7. The van der Waals surface area contributed by atoms with Gasteiger partial charge in [-0.2, -0.15) is 0 Å². The lowest BCUT2D eigenvalue weighted by Gasteiger charge is -2.27. The van der Waals surface area contributed by atoms with Crippen LogP contribution in [0.3, 0.4) is 0 Å². The Hall–Kier alpha value is -4.68. The minimum absolute atomic E-state index is 0.0702. The Bertz CT molecular complexity index is 1470. The first-order valence-corrected chi connectivity index (χ1v) is 11.5. The predicted molar refractivity (Wildman–Crippen MR) is 133 cm³/mol. The number of nitrogens with one attached hydrogen (secondary N) is 1. The second-order valence-corrected chi connectivity index (χ2v) is 8.71. The molecule has 3 heterocycles. The molecule has 0 saturated carbocycles. The van der Waals surface area contributed by atoms with E-state index in [0.29, 0.717) is 33.2 Å². The number of phenolic OH excluding ortho intramolecular Hbond substituents is 1. The van der Waals surface area contributed by atoms with E-state index in [-0.39, 0.29) is 18.2 Å². The van der Waals surface area contributed by atoms with Crippen LogP contribution in [-0.2, 0) is 11.3 Å². The van der Waals surface area contributed by atoms with Crippen LogP contribution in [0.4, 0.5) is 10.9 Å². The number of para-hydroxylation sites is 1. The van der Waals surface area contributed by atoms with Gasteiger partial charge in [-0.05, 0) is 35.9 Å². The summed E-state index contributed by atoms with van der Waals surface area (Å²) in [4.78, 5) is 36.3. The fraction of sp³-hybridized carbons (Fsp3) is 0.0769. The molecule has 1 atom stereocenters. The number of hydrogen-bond donors (Lipinski definition) is 3. The van der Waals surface area contributed by atoms with E-state index in [2.05, 4.69) is 27.1 Å². The molecule has 0 saturated heterocycles. The molecule has 35 heavy (non-hydrogen) atoms. The van der Waals surface area contributed by atoms with Crippen molar-refractivity contribution in [1.29, 1.82) is 0 Å². The smallest absolute Gasteiger partial charge is 0.255 e. The normalized spacial score (nSPS) is 13.0. The van der Waals surface area contributed by atoms with Gasteiger partial charge in [0, 0.05) is 46.6 Å². The first-order valence-electron chi connectivity index (χ1n) is 10.7. The molecule has 0 radical (unpaired) electrons. The third kappa shape index (κ3) is 4.55. The maximum Gasteiger partial charge on any atom is 0.255 e. The molecule has 0 aliphatic carbocycles. The van der Waals surface area contributed by atoms with Crippen molar-refractivity contribution < 1.29 is 14.7 Å². The minimum Gasteiger partial charge on any atom is -0.508 e. The Morgan fingerprint density at radius 1 is 1.11 bits per heavy atom. The molecule has 1 unspecified atom stereocenters. The summed E-state index contributed by atoms with van der Waals surface area (Å²) < 4.78 is 0. The number of nitrogens with two attached hydrogens (primary N) is 1. The van der Waals surface area contributed by atoms with E-state index < -0.39 is 11.9 Å². The van der Waals surface area contributed by atoms with Gasteiger partial charge in [-0.1, -0.05) is 36.1 Å². The summed E-state index contributed by atoms with van der Waals surface area (Å²) >= 11 is 1.27. The fourth-order valence-corrected chi connectivity index (χ4v) is 4.39. The largest absolute Gasteiger partial charge is 0.508 e. The Kier molecular flexibility index (Phi) is 5.87. The number of carbonyl (C=O) groups is 2. The maximum absolute atomic E-state index is 13.5. The zero-order valence-electron chi connectivity index (χ0n) is 18.3. The molecule has 8 nitrogen and oxygen atoms in total. The van der Waals surface area contributed by atoms with E-state index in [4.69, 9.17) is 5.73 Å². The molecule has 4 N–H and O–H groups in total. The van der Waals surface area contributed by atoms with Gasteiger partial charge < -0.3 is 15.7 Å². The van der Waals surface area contributed by atoms with Crippen LogP contribution in [0.2, 0.25) is 0 Å². The lowest BCUT2D eigenvalue weighted by Crippen LogP contribution is -2.37. The second kappa shape index (κ2) is 9.29. The lowest BCUT2D eigenvalue weighted by molar-refractivity contribution is -0.120. The molecule has 2 aromatic heterocycles. The molecule has 0 spiro atoms. The summed E-state index contributed by atoms with van der Waals surface area (Å²) in [7, 11) is 0. The molecule has 172 valence electrons. The number of phenols is 1. The predicted octanol–water partition coefficient (Wildman–Crippen LogP) is 3.56. The number of benzene rings is 2. The van der Waals surface area contributed by atoms with Crippen LogP contribution in [0.25, 0.3) is 0 Å². The van der Waals surface area contributed by atoms with Gasteiger partial charge in [0.2, 0.25) is 0 Å². The molecule has 9 heteroatoms. The Morgan fingerprint density at radius 3 is 2.66 bits per heavy atom. The molecule has 4 aromatic rings. The van der Waals surface area contributed by atoms with Crippen LogP contribution in [0, 0.1) is 11.8 Å². The lowest BCUT2D eigenvalue weighted by atomic mass is 10.0. The van der Waals surface area contributed by atoms with Gasteiger partial charge in [0.1, 0.15) is 17.6 Å². The zero-order chi connectivity index (χ0) is 24.4. The van der Waals surface area contributed by atoms with Crippen molar-refractivity contribution in [2.75, 3.05) is 11.1 Å². The molecule has 2 aromatic carbocycles. The number of amides is 2. The Balaban J connectivity index is 1.46.